The summed E-state index contributed by atoms with van der Waals surface area (Å²) in [5, 5.41) is 1.000. The van der Waals surface area contributed by atoms with Gasteiger partial charge in [0.2, 0.25) is 0 Å². The van der Waals surface area contributed by atoms with E-state index in [2.05, 4.69) is 26.8 Å². The summed E-state index contributed by atoms with van der Waals surface area (Å²) in [7, 11) is -0.447. The molecule has 142 valence electrons. The van der Waals surface area contributed by atoms with Crippen molar-refractivity contribution < 1.29 is 9.00 Å². The molecule has 0 spiro atoms. The van der Waals surface area contributed by atoms with Crippen LogP contribution in [0.25, 0.3) is 10.2 Å². The van der Waals surface area contributed by atoms with Crippen LogP contribution in [0.2, 0.25) is 0 Å². The van der Waals surface area contributed by atoms with Gasteiger partial charge in [0.1, 0.15) is 9.71 Å². The second-order valence-electron chi connectivity index (χ2n) is 6.82. The van der Waals surface area contributed by atoms with Crippen LogP contribution in [0, 0.1) is 13.8 Å². The molecule has 2 heterocycles. The molecule has 0 bridgehead atoms. The van der Waals surface area contributed by atoms with Gasteiger partial charge in [0.05, 0.1) is 4.47 Å². The number of hydrogen-bond acceptors (Lipinski definition) is 4. The van der Waals surface area contributed by atoms with Crippen molar-refractivity contribution in [2.24, 2.45) is 0 Å². The van der Waals surface area contributed by atoms with E-state index in [-0.39, 0.29) is 5.91 Å². The number of aryl methyl sites for hydroxylation is 2. The number of thiophene rings is 1. The lowest BCUT2D eigenvalue weighted by Gasteiger charge is -2.17. The van der Waals surface area contributed by atoms with Crippen molar-refractivity contribution in [3.05, 3.63) is 56.5 Å². The summed E-state index contributed by atoms with van der Waals surface area (Å²) < 4.78 is 12.8. The van der Waals surface area contributed by atoms with Crippen LogP contribution in [-0.4, -0.2) is 39.2 Å². The van der Waals surface area contributed by atoms with E-state index in [1.54, 1.807) is 18.2 Å². The minimum Gasteiger partial charge on any atom is -0.337 e. The molecule has 7 heteroatoms. The number of rotatable bonds is 4. The van der Waals surface area contributed by atoms with Gasteiger partial charge in [-0.05, 0) is 74.5 Å². The number of halogens is 1. The van der Waals surface area contributed by atoms with Crippen LogP contribution in [0.3, 0.4) is 0 Å². The van der Waals surface area contributed by atoms with Crippen LogP contribution in [0.15, 0.2) is 39.7 Å². The lowest BCUT2D eigenvalue weighted by atomic mass is 10.1. The number of carbonyl (C=O) groups is 1. The molecule has 27 heavy (non-hydrogen) atoms. The molecule has 1 atom stereocenters. The Morgan fingerprint density at radius 3 is 2.52 bits per heavy atom. The van der Waals surface area contributed by atoms with Crippen LogP contribution >= 0.6 is 27.3 Å². The third-order valence-electron chi connectivity index (χ3n) is 4.31. The highest BCUT2D eigenvalue weighted by molar-refractivity contribution is 9.10. The molecule has 4 nitrogen and oxygen atoms in total. The van der Waals surface area contributed by atoms with Crippen LogP contribution < -0.4 is 0 Å². The topological polar surface area (TPSA) is 50.3 Å². The van der Waals surface area contributed by atoms with Crippen molar-refractivity contribution in [1.29, 1.82) is 0 Å². The lowest BCUT2D eigenvalue weighted by Crippen LogP contribution is -2.25. The molecule has 0 aliphatic carbocycles. The number of nitrogens with zero attached hydrogens (tertiary/aromatic N) is 2. The molecule has 0 N–H and O–H groups in total. The molecule has 0 aliphatic heterocycles. The summed E-state index contributed by atoms with van der Waals surface area (Å²) in [6, 6.07) is 9.43. The first-order chi connectivity index (χ1) is 12.6. The highest BCUT2D eigenvalue weighted by Crippen LogP contribution is 2.37. The Morgan fingerprint density at radius 2 is 1.93 bits per heavy atom. The summed E-state index contributed by atoms with van der Waals surface area (Å²) in [6.45, 7) is 4.45. The maximum absolute atomic E-state index is 13.0. The van der Waals surface area contributed by atoms with E-state index in [1.807, 2.05) is 44.2 Å². The molecule has 3 rings (SSSR count). The van der Waals surface area contributed by atoms with Crippen molar-refractivity contribution in [3.63, 3.8) is 0 Å². The number of aromatic nitrogens is 1. The number of amides is 1. The normalized spacial score (nSPS) is 13.5. The lowest BCUT2D eigenvalue weighted by molar-refractivity contribution is 0.0789. The minimum atomic E-state index is -2.23. The Hall–Kier alpha value is -1.70. The third kappa shape index (κ3) is 4.10. The quantitative estimate of drug-likeness (QED) is 0.527. The van der Waals surface area contributed by atoms with E-state index in [1.165, 1.54) is 11.3 Å². The van der Waals surface area contributed by atoms with Gasteiger partial charge in [-0.1, -0.05) is 12.1 Å². The van der Waals surface area contributed by atoms with Gasteiger partial charge >= 0.3 is 0 Å². The van der Waals surface area contributed by atoms with Crippen LogP contribution in [0.5, 0.6) is 0 Å². The minimum absolute atomic E-state index is 0.0533. The summed E-state index contributed by atoms with van der Waals surface area (Å²) in [4.78, 5) is 21.5. The van der Waals surface area contributed by atoms with Gasteiger partial charge in [0, 0.05) is 35.8 Å². The highest BCUT2D eigenvalue weighted by atomic mass is 79.9. The van der Waals surface area contributed by atoms with Crippen LogP contribution in [-0.2, 0) is 16.1 Å². The molecule has 2 aromatic heterocycles. The van der Waals surface area contributed by atoms with Crippen molar-refractivity contribution in [3.8, 4) is 0 Å². The molecule has 3 aromatic rings. The number of pyridine rings is 1. The van der Waals surface area contributed by atoms with Crippen molar-refractivity contribution in [1.82, 2.24) is 9.88 Å². The fraction of sp³-hybridized carbons (Fsp3) is 0.250. The zero-order valence-corrected chi connectivity index (χ0v) is 18.9. The maximum Gasteiger partial charge on any atom is 0.265 e. The van der Waals surface area contributed by atoms with Crippen molar-refractivity contribution in [2.45, 2.75) is 25.3 Å². The van der Waals surface area contributed by atoms with Gasteiger partial charge in [0.15, 0.2) is 0 Å². The fourth-order valence-electron chi connectivity index (χ4n) is 2.94. The van der Waals surface area contributed by atoms with E-state index in [0.717, 1.165) is 31.5 Å². The maximum atomic E-state index is 13.0. The Labute approximate surface area is 172 Å². The third-order valence-corrected chi connectivity index (χ3v) is 7.71. The van der Waals surface area contributed by atoms with Gasteiger partial charge in [-0.15, -0.1) is 11.3 Å². The predicted octanol–water partition coefficient (Wildman–Crippen LogP) is 4.65. The molecule has 0 radical (unpaired) electrons. The standard InChI is InChI=1S/C20H21BrN2O2S2/c1-12-10-13(2)22-19-16(12)17(21)18(26-19)20(24)23(3)11-14-6-8-15(9-7-14)27(4,5)25/h6-10H,4,11H2,1-3,5H3. The van der Waals surface area contributed by atoms with E-state index < -0.39 is 9.52 Å². The Balaban J connectivity index is 1.86. The molecular weight excluding hydrogens is 444 g/mol. The number of carbonyl (C=O) groups excluding carboxylic acids is 1. The van der Waals surface area contributed by atoms with E-state index in [0.29, 0.717) is 16.3 Å². The van der Waals surface area contributed by atoms with Gasteiger partial charge in [-0.25, -0.2) is 4.98 Å². The first-order valence-electron chi connectivity index (χ1n) is 8.31. The molecule has 1 unspecified atom stereocenters. The van der Waals surface area contributed by atoms with Crippen LogP contribution in [0.1, 0.15) is 26.5 Å². The average Bonchev–Trinajstić information content (AvgIpc) is 2.90. The smallest absolute Gasteiger partial charge is 0.265 e. The molecular formula is C20H21BrN2O2S2. The fourth-order valence-corrected chi connectivity index (χ4v) is 5.88. The molecule has 1 aromatic carbocycles. The molecule has 0 saturated heterocycles. The Morgan fingerprint density at radius 1 is 1.30 bits per heavy atom. The highest BCUT2D eigenvalue weighted by Gasteiger charge is 2.22. The van der Waals surface area contributed by atoms with Gasteiger partial charge < -0.3 is 4.90 Å². The molecule has 0 saturated carbocycles. The molecule has 0 aliphatic rings. The number of hydrogen-bond donors (Lipinski definition) is 0. The first-order valence-corrected chi connectivity index (χ1v) is 12.1. The summed E-state index contributed by atoms with van der Waals surface area (Å²) >= 11 is 5.01. The van der Waals surface area contributed by atoms with Gasteiger partial charge in [-0.2, -0.15) is 0 Å². The zero-order chi connectivity index (χ0) is 19.9. The average molecular weight is 465 g/mol. The zero-order valence-electron chi connectivity index (χ0n) is 15.7. The van der Waals surface area contributed by atoms with Crippen molar-refractivity contribution >= 4 is 58.8 Å². The summed E-state index contributed by atoms with van der Waals surface area (Å²) in [5.41, 5.74) is 3.02. The Kier molecular flexibility index (Phi) is 5.47. The first kappa shape index (κ1) is 20.0. The second-order valence-corrected chi connectivity index (χ2v) is 11.1. The van der Waals surface area contributed by atoms with E-state index in [4.69, 9.17) is 0 Å². The molecule has 1 amide bonds. The van der Waals surface area contributed by atoms with E-state index >= 15 is 0 Å². The SMILES string of the molecule is C=S(C)(=O)c1ccc(CN(C)C(=O)c2sc3nc(C)cc(C)c3c2Br)cc1. The summed E-state index contributed by atoms with van der Waals surface area (Å²) in [5.74, 6) is 3.64. The monoisotopic (exact) mass is 464 g/mol. The Bertz CT molecular complexity index is 1130. The second kappa shape index (κ2) is 7.37. The predicted molar refractivity (Wildman–Crippen MR) is 118 cm³/mol. The largest absolute Gasteiger partial charge is 0.337 e. The van der Waals surface area contributed by atoms with Gasteiger partial charge in [-0.3, -0.25) is 9.00 Å². The molecule has 0 fully saturated rings. The number of benzene rings is 1. The summed E-state index contributed by atoms with van der Waals surface area (Å²) in [6.07, 6.45) is 1.62. The van der Waals surface area contributed by atoms with Crippen molar-refractivity contribution in [2.75, 3.05) is 13.3 Å². The van der Waals surface area contributed by atoms with Crippen LogP contribution in [0.4, 0.5) is 0 Å². The van der Waals surface area contributed by atoms with Gasteiger partial charge in [0.25, 0.3) is 5.91 Å². The van der Waals surface area contributed by atoms with E-state index in [9.17, 15) is 9.00 Å². The number of fused-ring (bicyclic) bond motifs is 1.